The number of amides is 2. The molecule has 130 valence electrons. The van der Waals surface area contributed by atoms with E-state index in [4.69, 9.17) is 4.74 Å². The third-order valence-corrected chi connectivity index (χ3v) is 3.79. The summed E-state index contributed by atoms with van der Waals surface area (Å²) in [6.07, 6.45) is 0.138. The molecule has 0 bridgehead atoms. The van der Waals surface area contributed by atoms with Crippen molar-refractivity contribution in [2.24, 2.45) is 0 Å². The molecule has 2 aromatic rings. The largest absolute Gasteiger partial charge is 0.484 e. The van der Waals surface area contributed by atoms with Crippen LogP contribution in [0, 0.1) is 11.6 Å². The monoisotopic (exact) mass is 346 g/mol. The summed E-state index contributed by atoms with van der Waals surface area (Å²) in [5.74, 6) is -1.01. The van der Waals surface area contributed by atoms with Crippen LogP contribution in [0.1, 0.15) is 6.42 Å². The molecule has 2 amide bonds. The van der Waals surface area contributed by atoms with Gasteiger partial charge in [0.2, 0.25) is 5.91 Å². The zero-order valence-electron chi connectivity index (χ0n) is 13.2. The van der Waals surface area contributed by atoms with Crippen LogP contribution in [0.15, 0.2) is 48.5 Å². The summed E-state index contributed by atoms with van der Waals surface area (Å²) < 4.78 is 31.4. The number of carbonyl (C=O) groups is 2. The number of carbonyl (C=O) groups excluding carboxylic acids is 2. The van der Waals surface area contributed by atoms with Crippen LogP contribution >= 0.6 is 0 Å². The first-order valence-corrected chi connectivity index (χ1v) is 7.75. The number of benzene rings is 2. The number of nitrogens with zero attached hydrogens (tertiary/aromatic N) is 1. The molecular weight excluding hydrogens is 330 g/mol. The van der Waals surface area contributed by atoms with Crippen molar-refractivity contribution in [1.82, 2.24) is 5.32 Å². The molecule has 25 heavy (non-hydrogen) atoms. The summed E-state index contributed by atoms with van der Waals surface area (Å²) in [6, 6.07) is 10.7. The molecule has 1 saturated heterocycles. The molecule has 1 heterocycles. The van der Waals surface area contributed by atoms with Crippen molar-refractivity contribution < 1.29 is 23.1 Å². The van der Waals surface area contributed by atoms with E-state index in [0.29, 0.717) is 11.4 Å². The van der Waals surface area contributed by atoms with E-state index in [-0.39, 0.29) is 37.4 Å². The molecule has 0 unspecified atom stereocenters. The number of ether oxygens (including phenoxy) is 1. The van der Waals surface area contributed by atoms with Crippen LogP contribution in [0.3, 0.4) is 0 Å². The van der Waals surface area contributed by atoms with Gasteiger partial charge in [0.05, 0.1) is 6.04 Å². The molecule has 0 saturated carbocycles. The first kappa shape index (κ1) is 16.9. The molecule has 0 radical (unpaired) electrons. The highest BCUT2D eigenvalue weighted by Gasteiger charge is 2.31. The smallest absolute Gasteiger partial charge is 0.258 e. The Morgan fingerprint density at radius 2 is 1.92 bits per heavy atom. The van der Waals surface area contributed by atoms with E-state index in [2.05, 4.69) is 5.32 Å². The average Bonchev–Trinajstić information content (AvgIpc) is 2.94. The molecule has 1 aliphatic rings. The van der Waals surface area contributed by atoms with Crippen molar-refractivity contribution >= 4 is 17.5 Å². The number of anilines is 1. The maximum Gasteiger partial charge on any atom is 0.258 e. The summed E-state index contributed by atoms with van der Waals surface area (Å²) in [5.41, 5.74) is 0.462. The quantitative estimate of drug-likeness (QED) is 0.904. The minimum absolute atomic E-state index is 0.138. The first-order chi connectivity index (χ1) is 12.0. The van der Waals surface area contributed by atoms with E-state index in [0.717, 1.165) is 0 Å². The Kier molecular flexibility index (Phi) is 4.92. The second-order valence-corrected chi connectivity index (χ2v) is 5.70. The van der Waals surface area contributed by atoms with Gasteiger partial charge >= 0.3 is 0 Å². The predicted molar refractivity (Wildman–Crippen MR) is 87.2 cm³/mol. The molecule has 1 fully saturated rings. The third-order valence-electron chi connectivity index (χ3n) is 3.79. The SMILES string of the molecule is O=C(COc1ccc(F)cc1)N[C@@H]1CC(=O)N(c2cccc(F)c2)C1. The van der Waals surface area contributed by atoms with Gasteiger partial charge in [0, 0.05) is 18.7 Å². The van der Waals surface area contributed by atoms with Gasteiger partial charge in [-0.3, -0.25) is 9.59 Å². The lowest BCUT2D eigenvalue weighted by molar-refractivity contribution is -0.123. The van der Waals surface area contributed by atoms with Crippen LogP contribution in [0.25, 0.3) is 0 Å². The van der Waals surface area contributed by atoms with E-state index in [1.165, 1.54) is 47.4 Å². The second-order valence-electron chi connectivity index (χ2n) is 5.70. The molecule has 3 rings (SSSR count). The van der Waals surface area contributed by atoms with Crippen LogP contribution in [-0.4, -0.2) is 31.0 Å². The van der Waals surface area contributed by atoms with Crippen molar-refractivity contribution in [3.63, 3.8) is 0 Å². The fourth-order valence-electron chi connectivity index (χ4n) is 2.65. The molecule has 1 atom stereocenters. The van der Waals surface area contributed by atoms with E-state index < -0.39 is 11.6 Å². The van der Waals surface area contributed by atoms with Crippen LogP contribution in [0.4, 0.5) is 14.5 Å². The molecule has 0 aliphatic carbocycles. The highest BCUT2D eigenvalue weighted by molar-refractivity contribution is 5.96. The minimum Gasteiger partial charge on any atom is -0.484 e. The Bertz CT molecular complexity index is 780. The van der Waals surface area contributed by atoms with Crippen LogP contribution in [0.5, 0.6) is 5.75 Å². The third kappa shape index (κ3) is 4.32. The van der Waals surface area contributed by atoms with Crippen LogP contribution < -0.4 is 15.0 Å². The van der Waals surface area contributed by atoms with Crippen molar-refractivity contribution in [3.8, 4) is 5.75 Å². The molecule has 1 N–H and O–H groups in total. The van der Waals surface area contributed by atoms with E-state index in [9.17, 15) is 18.4 Å². The van der Waals surface area contributed by atoms with E-state index >= 15 is 0 Å². The van der Waals surface area contributed by atoms with Crippen LogP contribution in [-0.2, 0) is 9.59 Å². The summed E-state index contributed by atoms with van der Waals surface area (Å²) >= 11 is 0. The maximum absolute atomic E-state index is 13.3. The Labute approximate surface area is 143 Å². The Morgan fingerprint density at radius 1 is 1.16 bits per heavy atom. The Morgan fingerprint density at radius 3 is 2.64 bits per heavy atom. The average molecular weight is 346 g/mol. The highest BCUT2D eigenvalue weighted by Crippen LogP contribution is 2.22. The topological polar surface area (TPSA) is 58.6 Å². The molecule has 2 aromatic carbocycles. The van der Waals surface area contributed by atoms with E-state index in [1.807, 2.05) is 0 Å². The Balaban J connectivity index is 1.52. The minimum atomic E-state index is -0.425. The van der Waals surface area contributed by atoms with Gasteiger partial charge in [-0.15, -0.1) is 0 Å². The summed E-state index contributed by atoms with van der Waals surface area (Å²) in [7, 11) is 0. The number of hydrogen-bond acceptors (Lipinski definition) is 3. The van der Waals surface area contributed by atoms with E-state index in [1.54, 1.807) is 6.07 Å². The molecule has 5 nitrogen and oxygen atoms in total. The molecule has 1 aliphatic heterocycles. The van der Waals surface area contributed by atoms with Gasteiger partial charge in [0.15, 0.2) is 6.61 Å². The van der Waals surface area contributed by atoms with Crippen LogP contribution in [0.2, 0.25) is 0 Å². The lowest BCUT2D eigenvalue weighted by atomic mass is 10.2. The zero-order valence-corrected chi connectivity index (χ0v) is 13.2. The standard InChI is InChI=1S/C18H16F2N2O3/c19-12-4-6-16(7-5-12)25-11-17(23)21-14-9-18(24)22(10-14)15-3-1-2-13(20)8-15/h1-8,14H,9-11H2,(H,21,23)/t14-/m1/s1. The molecule has 0 spiro atoms. The van der Waals surface area contributed by atoms with Gasteiger partial charge in [0.1, 0.15) is 17.4 Å². The number of halogens is 2. The van der Waals surface area contributed by atoms with Crippen molar-refractivity contribution in [2.45, 2.75) is 12.5 Å². The number of rotatable bonds is 5. The predicted octanol–water partition coefficient (Wildman–Crippen LogP) is 2.27. The fourth-order valence-corrected chi connectivity index (χ4v) is 2.65. The first-order valence-electron chi connectivity index (χ1n) is 7.75. The molecule has 0 aromatic heterocycles. The normalized spacial score (nSPS) is 16.8. The van der Waals surface area contributed by atoms with Crippen molar-refractivity contribution in [3.05, 3.63) is 60.2 Å². The highest BCUT2D eigenvalue weighted by atomic mass is 19.1. The molecule has 7 heteroatoms. The van der Waals surface area contributed by atoms with Gasteiger partial charge in [-0.2, -0.15) is 0 Å². The maximum atomic E-state index is 13.3. The molecular formula is C18H16F2N2O3. The van der Waals surface area contributed by atoms with Crippen molar-refractivity contribution in [1.29, 1.82) is 0 Å². The second kappa shape index (κ2) is 7.29. The summed E-state index contributed by atoms with van der Waals surface area (Å²) in [6.45, 7) is 0.0286. The van der Waals surface area contributed by atoms with Crippen molar-refractivity contribution in [2.75, 3.05) is 18.1 Å². The lowest BCUT2D eigenvalue weighted by Crippen LogP contribution is -2.39. The zero-order chi connectivity index (χ0) is 17.8. The number of nitrogens with one attached hydrogen (secondary N) is 1. The lowest BCUT2D eigenvalue weighted by Gasteiger charge is -2.17. The van der Waals surface area contributed by atoms with Gasteiger partial charge in [-0.1, -0.05) is 6.07 Å². The number of hydrogen-bond donors (Lipinski definition) is 1. The Hall–Kier alpha value is -2.96. The fraction of sp³-hybridized carbons (Fsp3) is 0.222. The van der Waals surface area contributed by atoms with Gasteiger partial charge in [-0.25, -0.2) is 8.78 Å². The summed E-state index contributed by atoms with van der Waals surface area (Å²) in [5, 5.41) is 2.71. The van der Waals surface area contributed by atoms with Gasteiger partial charge < -0.3 is 15.0 Å². The van der Waals surface area contributed by atoms with Gasteiger partial charge in [-0.05, 0) is 42.5 Å². The van der Waals surface area contributed by atoms with Gasteiger partial charge in [0.25, 0.3) is 5.91 Å². The summed E-state index contributed by atoms with van der Waals surface area (Å²) in [4.78, 5) is 25.5.